The van der Waals surface area contributed by atoms with Gasteiger partial charge in [0.2, 0.25) is 0 Å². The molecule has 4 nitrogen and oxygen atoms in total. The van der Waals surface area contributed by atoms with E-state index in [1.54, 1.807) is 0 Å². The molecule has 3 rings (SSSR count). The number of carbonyl (C=O) groups is 1. The van der Waals surface area contributed by atoms with Crippen molar-refractivity contribution in [1.29, 1.82) is 0 Å². The van der Waals surface area contributed by atoms with Crippen molar-refractivity contribution in [2.24, 2.45) is 10.7 Å². The van der Waals surface area contributed by atoms with E-state index in [1.807, 2.05) is 30.3 Å². The van der Waals surface area contributed by atoms with Gasteiger partial charge in [0, 0.05) is 18.0 Å². The van der Waals surface area contributed by atoms with E-state index in [2.05, 4.69) is 10.3 Å². The Hall–Kier alpha value is -3.02. The summed E-state index contributed by atoms with van der Waals surface area (Å²) in [5.41, 5.74) is 6.36. The maximum absolute atomic E-state index is 13.1. The first-order chi connectivity index (χ1) is 12.0. The fourth-order valence-corrected chi connectivity index (χ4v) is 2.63. The lowest BCUT2D eigenvalue weighted by Gasteiger charge is -2.11. The number of carbonyl (C=O) groups excluding carboxylic acids is 1. The molecular weight excluding hydrogens is 324 g/mol. The molecule has 0 unspecified atom stereocenters. The largest absolute Gasteiger partial charge is 0.384 e. The highest BCUT2D eigenvalue weighted by Gasteiger charge is 2.51. The van der Waals surface area contributed by atoms with Crippen molar-refractivity contribution in [3.8, 4) is 0 Å². The van der Waals surface area contributed by atoms with Crippen LogP contribution in [0.3, 0.4) is 0 Å². The second-order valence-electron chi connectivity index (χ2n) is 5.93. The highest BCUT2D eigenvalue weighted by atomic mass is 19.1. The Labute approximate surface area is 144 Å². The molecule has 25 heavy (non-hydrogen) atoms. The van der Waals surface area contributed by atoms with Gasteiger partial charge in [-0.2, -0.15) is 4.99 Å². The Kier molecular flexibility index (Phi) is 4.61. The second-order valence-corrected chi connectivity index (χ2v) is 5.93. The normalized spacial score (nSPS) is 16.0. The molecule has 0 aliphatic heterocycles. The minimum atomic E-state index is -0.689. The summed E-state index contributed by atoms with van der Waals surface area (Å²) in [5, 5.41) is 2.68. The van der Waals surface area contributed by atoms with Crippen molar-refractivity contribution < 1.29 is 13.6 Å². The van der Waals surface area contributed by atoms with E-state index in [0.717, 1.165) is 36.6 Å². The van der Waals surface area contributed by atoms with Gasteiger partial charge in [-0.05, 0) is 36.6 Å². The molecule has 0 heterocycles. The number of amidine groups is 1. The Balaban J connectivity index is 1.66. The Morgan fingerprint density at radius 1 is 1.12 bits per heavy atom. The maximum atomic E-state index is 13.1. The molecule has 1 amide bonds. The number of nitrogens with two attached hydrogens (primary N) is 1. The highest BCUT2D eigenvalue weighted by molar-refractivity contribution is 6.04. The van der Waals surface area contributed by atoms with Gasteiger partial charge in [0.25, 0.3) is 5.91 Å². The lowest BCUT2D eigenvalue weighted by molar-refractivity contribution is -0.120. The molecule has 2 aromatic rings. The Bertz CT molecular complexity index is 823. The lowest BCUT2D eigenvalue weighted by atomic mass is 9.95. The van der Waals surface area contributed by atoms with Crippen LogP contribution in [0.2, 0.25) is 0 Å². The summed E-state index contributed by atoms with van der Waals surface area (Å²) >= 11 is 0. The molecule has 0 spiro atoms. The fourth-order valence-electron chi connectivity index (χ4n) is 2.63. The standard InChI is InChI=1S/C19H17F2N3O/c20-14-10-15(21)12-16(11-14)23-9-6-17(22)24-18(25)19(7-8-19)13-4-2-1-3-5-13/h1-6,9-12,23H,7-8H2,(H2,22,24,25)/b9-6-. The van der Waals surface area contributed by atoms with Gasteiger partial charge >= 0.3 is 0 Å². The van der Waals surface area contributed by atoms with Gasteiger partial charge in [0.15, 0.2) is 0 Å². The summed E-state index contributed by atoms with van der Waals surface area (Å²) in [6.07, 6.45) is 4.25. The topological polar surface area (TPSA) is 67.5 Å². The number of halogens is 2. The van der Waals surface area contributed by atoms with Crippen LogP contribution in [0, 0.1) is 11.6 Å². The molecule has 0 saturated heterocycles. The number of hydrogen-bond donors (Lipinski definition) is 2. The van der Waals surface area contributed by atoms with Crippen LogP contribution in [-0.2, 0) is 10.2 Å². The molecule has 0 bridgehead atoms. The van der Waals surface area contributed by atoms with E-state index >= 15 is 0 Å². The average molecular weight is 341 g/mol. The highest BCUT2D eigenvalue weighted by Crippen LogP contribution is 2.49. The summed E-state index contributed by atoms with van der Waals surface area (Å²) in [6.45, 7) is 0. The summed E-state index contributed by atoms with van der Waals surface area (Å²) in [5.74, 6) is -1.63. The minimum absolute atomic E-state index is 0.0246. The molecule has 2 aromatic carbocycles. The van der Waals surface area contributed by atoms with Gasteiger partial charge < -0.3 is 11.1 Å². The predicted octanol–water partition coefficient (Wildman–Crippen LogP) is 3.51. The molecular formula is C19H17F2N3O. The number of anilines is 1. The zero-order valence-corrected chi connectivity index (χ0v) is 13.4. The fraction of sp³-hybridized carbons (Fsp3) is 0.158. The van der Waals surface area contributed by atoms with Gasteiger partial charge in [0.05, 0.1) is 5.41 Å². The van der Waals surface area contributed by atoms with Gasteiger partial charge in [-0.1, -0.05) is 30.3 Å². The van der Waals surface area contributed by atoms with Crippen LogP contribution in [0.4, 0.5) is 14.5 Å². The van der Waals surface area contributed by atoms with Crippen molar-refractivity contribution in [1.82, 2.24) is 0 Å². The maximum Gasteiger partial charge on any atom is 0.258 e. The number of nitrogens with one attached hydrogen (secondary N) is 1. The van der Waals surface area contributed by atoms with Crippen molar-refractivity contribution in [2.45, 2.75) is 18.3 Å². The zero-order chi connectivity index (χ0) is 17.9. The number of nitrogens with zero attached hydrogens (tertiary/aromatic N) is 1. The van der Waals surface area contributed by atoms with E-state index in [0.29, 0.717) is 0 Å². The molecule has 128 valence electrons. The van der Waals surface area contributed by atoms with Crippen LogP contribution in [0.5, 0.6) is 0 Å². The van der Waals surface area contributed by atoms with E-state index < -0.39 is 17.0 Å². The van der Waals surface area contributed by atoms with E-state index in [4.69, 9.17) is 5.73 Å². The second kappa shape index (κ2) is 6.84. The van der Waals surface area contributed by atoms with Crippen LogP contribution in [0.1, 0.15) is 18.4 Å². The molecule has 1 saturated carbocycles. The smallest absolute Gasteiger partial charge is 0.258 e. The third-order valence-corrected chi connectivity index (χ3v) is 4.08. The van der Waals surface area contributed by atoms with Crippen LogP contribution in [0.15, 0.2) is 65.8 Å². The first-order valence-electron chi connectivity index (χ1n) is 7.83. The van der Waals surface area contributed by atoms with Gasteiger partial charge in [-0.25, -0.2) is 8.78 Å². The molecule has 1 fully saturated rings. The molecule has 1 aliphatic carbocycles. The van der Waals surface area contributed by atoms with Crippen molar-refractivity contribution >= 4 is 17.4 Å². The molecule has 0 atom stereocenters. The van der Waals surface area contributed by atoms with Crippen LogP contribution in [0.25, 0.3) is 0 Å². The minimum Gasteiger partial charge on any atom is -0.384 e. The summed E-state index contributed by atoms with van der Waals surface area (Å²) in [4.78, 5) is 16.4. The number of benzene rings is 2. The van der Waals surface area contributed by atoms with E-state index in [1.165, 1.54) is 12.3 Å². The van der Waals surface area contributed by atoms with Crippen LogP contribution >= 0.6 is 0 Å². The van der Waals surface area contributed by atoms with Crippen LogP contribution < -0.4 is 11.1 Å². The third-order valence-electron chi connectivity index (χ3n) is 4.08. The van der Waals surface area contributed by atoms with Gasteiger partial charge in [-0.15, -0.1) is 0 Å². The lowest BCUT2D eigenvalue weighted by Crippen LogP contribution is -2.22. The quantitative estimate of drug-likeness (QED) is 0.646. The van der Waals surface area contributed by atoms with Crippen LogP contribution in [-0.4, -0.2) is 11.7 Å². The van der Waals surface area contributed by atoms with Crippen molar-refractivity contribution in [3.05, 3.63) is 78.0 Å². The van der Waals surface area contributed by atoms with E-state index in [9.17, 15) is 13.6 Å². The van der Waals surface area contributed by atoms with Gasteiger partial charge in [0.1, 0.15) is 17.5 Å². The third kappa shape index (κ3) is 3.91. The first-order valence-corrected chi connectivity index (χ1v) is 7.83. The Morgan fingerprint density at radius 3 is 2.36 bits per heavy atom. The Morgan fingerprint density at radius 2 is 1.76 bits per heavy atom. The number of amides is 1. The van der Waals surface area contributed by atoms with Crippen molar-refractivity contribution in [2.75, 3.05) is 5.32 Å². The SMILES string of the molecule is NC(/C=C\Nc1cc(F)cc(F)c1)=NC(=O)C1(c2ccccc2)CC1. The molecule has 0 radical (unpaired) electrons. The summed E-state index contributed by atoms with van der Waals surface area (Å²) in [6, 6.07) is 12.5. The predicted molar refractivity (Wildman–Crippen MR) is 93.1 cm³/mol. The number of hydrogen-bond acceptors (Lipinski definition) is 2. The van der Waals surface area contributed by atoms with Crippen molar-refractivity contribution in [3.63, 3.8) is 0 Å². The first kappa shape index (κ1) is 16.8. The molecule has 0 aromatic heterocycles. The molecule has 6 heteroatoms. The van der Waals surface area contributed by atoms with Gasteiger partial charge in [-0.3, -0.25) is 4.79 Å². The number of rotatable bonds is 5. The monoisotopic (exact) mass is 341 g/mol. The average Bonchev–Trinajstić information content (AvgIpc) is 3.36. The summed E-state index contributed by atoms with van der Waals surface area (Å²) in [7, 11) is 0. The number of aliphatic imine (C=N–C) groups is 1. The summed E-state index contributed by atoms with van der Waals surface area (Å²) < 4.78 is 26.2. The molecule has 3 N–H and O–H groups in total. The molecule has 1 aliphatic rings. The zero-order valence-electron chi connectivity index (χ0n) is 13.4. The van der Waals surface area contributed by atoms with E-state index in [-0.39, 0.29) is 17.4 Å².